The Kier molecular flexibility index (Phi) is 9.24. The molecule has 2 unspecified atom stereocenters. The average molecular weight is 542 g/mol. The predicted octanol–water partition coefficient (Wildman–Crippen LogP) is 10.6. The molecule has 1 heterocycles. The average Bonchev–Trinajstić information content (AvgIpc) is 3.04. The quantitative estimate of drug-likeness (QED) is 0.200. The largest absolute Gasteiger partial charge is 0.209 e. The molecule has 3 heteroatoms. The molecule has 0 amide bonds. The Morgan fingerprint density at radius 1 is 0.756 bits per heavy atom. The van der Waals surface area contributed by atoms with Crippen molar-refractivity contribution in [2.45, 2.75) is 66.7 Å². The van der Waals surface area contributed by atoms with Crippen LogP contribution < -0.4 is 0 Å². The summed E-state index contributed by atoms with van der Waals surface area (Å²) >= 11 is 0. The summed E-state index contributed by atoms with van der Waals surface area (Å²) in [6, 6.07) is 23.8. The zero-order valence-corrected chi connectivity index (χ0v) is 25.3. The number of nitrogens with zero attached hydrogens (tertiary/aromatic N) is 3. The first-order chi connectivity index (χ1) is 20.0. The zero-order chi connectivity index (χ0) is 28.8. The Balaban J connectivity index is 1.48. The Morgan fingerprint density at radius 2 is 1.41 bits per heavy atom. The minimum absolute atomic E-state index is 0.660. The Bertz CT molecular complexity index is 1570. The van der Waals surface area contributed by atoms with E-state index in [9.17, 15) is 0 Å². The van der Waals surface area contributed by atoms with Crippen molar-refractivity contribution >= 4 is 21.9 Å². The SMILES string of the molecule is CCC(C)C(C/C=C(\C)c1nc(C2=CCCC=C2)nc(-c2ccc(-c3ccc4ccccc4c3)cc2)n1)C(C)CC. The van der Waals surface area contributed by atoms with Gasteiger partial charge in [-0.3, -0.25) is 0 Å². The summed E-state index contributed by atoms with van der Waals surface area (Å²) in [6.45, 7) is 11.5. The number of fused-ring (bicyclic) bond motifs is 1. The summed E-state index contributed by atoms with van der Waals surface area (Å²) in [5.74, 6) is 4.30. The van der Waals surface area contributed by atoms with E-state index in [1.807, 2.05) is 0 Å². The molecule has 4 aromatic rings. The van der Waals surface area contributed by atoms with Gasteiger partial charge in [-0.15, -0.1) is 0 Å². The van der Waals surface area contributed by atoms with Crippen molar-refractivity contribution in [1.82, 2.24) is 15.0 Å². The van der Waals surface area contributed by atoms with Crippen molar-refractivity contribution in [3.8, 4) is 22.5 Å². The lowest BCUT2D eigenvalue weighted by atomic mass is 9.78. The zero-order valence-electron chi connectivity index (χ0n) is 25.3. The van der Waals surface area contributed by atoms with Gasteiger partial charge in [-0.25, -0.2) is 15.0 Å². The smallest absolute Gasteiger partial charge is 0.164 e. The van der Waals surface area contributed by atoms with Gasteiger partial charge in [-0.1, -0.05) is 126 Å². The summed E-state index contributed by atoms with van der Waals surface area (Å²) < 4.78 is 0. The van der Waals surface area contributed by atoms with Gasteiger partial charge in [-0.2, -0.15) is 0 Å². The standard InChI is InChI=1S/C38H43N3/c1-6-26(3)35(27(4)7-2)24-17-28(5)36-39-37(31-14-9-8-10-15-31)41-38(40-36)32-21-18-30(19-22-32)34-23-20-29-13-11-12-16-33(29)25-34/h9,11-23,25-27,35H,6-8,10,24H2,1-5H3/b28-17+. The van der Waals surface area contributed by atoms with Crippen molar-refractivity contribution in [2.75, 3.05) is 0 Å². The van der Waals surface area contributed by atoms with E-state index < -0.39 is 0 Å². The van der Waals surface area contributed by atoms with Crippen molar-refractivity contribution in [2.24, 2.45) is 17.8 Å². The molecular formula is C38H43N3. The van der Waals surface area contributed by atoms with Gasteiger partial charge in [-0.05, 0) is 77.5 Å². The number of aromatic nitrogens is 3. The molecule has 1 aromatic heterocycles. The molecule has 41 heavy (non-hydrogen) atoms. The van der Waals surface area contributed by atoms with E-state index in [-0.39, 0.29) is 0 Å². The van der Waals surface area contributed by atoms with E-state index in [4.69, 9.17) is 15.0 Å². The Hall–Kier alpha value is -3.85. The lowest BCUT2D eigenvalue weighted by Crippen LogP contribution is -2.18. The summed E-state index contributed by atoms with van der Waals surface area (Å²) in [7, 11) is 0. The molecule has 0 saturated heterocycles. The number of hydrogen-bond acceptors (Lipinski definition) is 3. The van der Waals surface area contributed by atoms with E-state index in [1.54, 1.807) is 0 Å². The van der Waals surface area contributed by atoms with E-state index in [0.29, 0.717) is 17.8 Å². The number of benzene rings is 3. The first kappa shape index (κ1) is 28.7. The first-order valence-corrected chi connectivity index (χ1v) is 15.4. The molecule has 0 bridgehead atoms. The lowest BCUT2D eigenvalue weighted by molar-refractivity contribution is 0.245. The highest BCUT2D eigenvalue weighted by molar-refractivity contribution is 5.87. The molecule has 210 valence electrons. The second-order valence-corrected chi connectivity index (χ2v) is 11.6. The van der Waals surface area contributed by atoms with Crippen molar-refractivity contribution < 1.29 is 0 Å². The van der Waals surface area contributed by atoms with E-state index in [2.05, 4.69) is 126 Å². The van der Waals surface area contributed by atoms with Crippen molar-refractivity contribution in [1.29, 1.82) is 0 Å². The molecule has 5 rings (SSSR count). The fourth-order valence-electron chi connectivity index (χ4n) is 5.81. The summed E-state index contributed by atoms with van der Waals surface area (Å²) in [4.78, 5) is 14.9. The van der Waals surface area contributed by atoms with Crippen molar-refractivity contribution in [3.05, 3.63) is 103 Å². The van der Waals surface area contributed by atoms with Gasteiger partial charge in [0.15, 0.2) is 17.5 Å². The molecule has 0 radical (unpaired) electrons. The van der Waals surface area contributed by atoms with Gasteiger partial charge >= 0.3 is 0 Å². The van der Waals surface area contributed by atoms with Crippen LogP contribution in [0.4, 0.5) is 0 Å². The molecule has 3 nitrogen and oxygen atoms in total. The highest BCUT2D eigenvalue weighted by Gasteiger charge is 2.21. The number of allylic oxidation sites excluding steroid dienone is 6. The predicted molar refractivity (Wildman–Crippen MR) is 175 cm³/mol. The summed E-state index contributed by atoms with van der Waals surface area (Å²) in [6.07, 6.45) is 14.5. The fourth-order valence-corrected chi connectivity index (χ4v) is 5.81. The third kappa shape index (κ3) is 6.73. The normalized spacial score (nSPS) is 15.9. The molecule has 1 aliphatic carbocycles. The molecule has 2 atom stereocenters. The maximum Gasteiger partial charge on any atom is 0.164 e. The minimum Gasteiger partial charge on any atom is -0.209 e. The molecule has 3 aromatic carbocycles. The van der Waals surface area contributed by atoms with Crippen LogP contribution in [0, 0.1) is 17.8 Å². The van der Waals surface area contributed by atoms with Gasteiger partial charge in [0.2, 0.25) is 0 Å². The molecule has 0 aliphatic heterocycles. The summed E-state index contributed by atoms with van der Waals surface area (Å²) in [5, 5.41) is 2.51. The summed E-state index contributed by atoms with van der Waals surface area (Å²) in [5.41, 5.74) is 5.60. The van der Waals surface area contributed by atoms with Crippen LogP contribution in [0.2, 0.25) is 0 Å². The topological polar surface area (TPSA) is 38.7 Å². The van der Waals surface area contributed by atoms with Crippen LogP contribution in [0.25, 0.3) is 44.4 Å². The van der Waals surface area contributed by atoms with E-state index >= 15 is 0 Å². The number of rotatable bonds is 10. The van der Waals surface area contributed by atoms with E-state index in [0.717, 1.165) is 53.4 Å². The molecule has 0 saturated carbocycles. The Morgan fingerprint density at radius 3 is 2.10 bits per heavy atom. The Labute approximate surface area is 246 Å². The lowest BCUT2D eigenvalue weighted by Gasteiger charge is -2.27. The molecule has 0 fully saturated rings. The van der Waals surface area contributed by atoms with Crippen LogP contribution >= 0.6 is 0 Å². The molecule has 0 spiro atoms. The molecular weight excluding hydrogens is 498 g/mol. The maximum absolute atomic E-state index is 5.01. The second kappa shape index (κ2) is 13.2. The minimum atomic E-state index is 0.660. The highest BCUT2D eigenvalue weighted by Crippen LogP contribution is 2.32. The number of hydrogen-bond donors (Lipinski definition) is 0. The van der Waals surface area contributed by atoms with Crippen LogP contribution in [0.15, 0.2) is 91.0 Å². The van der Waals surface area contributed by atoms with Gasteiger partial charge in [0.05, 0.1) is 0 Å². The second-order valence-electron chi connectivity index (χ2n) is 11.6. The van der Waals surface area contributed by atoms with E-state index in [1.165, 1.54) is 34.7 Å². The fraction of sp³-hybridized carbons (Fsp3) is 0.342. The third-order valence-electron chi connectivity index (χ3n) is 8.91. The van der Waals surface area contributed by atoms with Gasteiger partial charge in [0.25, 0.3) is 0 Å². The van der Waals surface area contributed by atoms with Crippen molar-refractivity contribution in [3.63, 3.8) is 0 Å². The third-order valence-corrected chi connectivity index (χ3v) is 8.91. The van der Waals surface area contributed by atoms with Crippen LogP contribution in [0.5, 0.6) is 0 Å². The monoisotopic (exact) mass is 541 g/mol. The van der Waals surface area contributed by atoms with Crippen LogP contribution in [0.3, 0.4) is 0 Å². The molecule has 1 aliphatic rings. The van der Waals surface area contributed by atoms with Crippen LogP contribution in [-0.2, 0) is 0 Å². The van der Waals surface area contributed by atoms with Gasteiger partial charge in [0, 0.05) is 11.1 Å². The molecule has 0 N–H and O–H groups in total. The van der Waals surface area contributed by atoms with Crippen LogP contribution in [-0.4, -0.2) is 15.0 Å². The van der Waals surface area contributed by atoms with Gasteiger partial charge < -0.3 is 0 Å². The van der Waals surface area contributed by atoms with Gasteiger partial charge in [0.1, 0.15) is 0 Å². The maximum atomic E-state index is 5.01. The highest BCUT2D eigenvalue weighted by atomic mass is 15.0. The first-order valence-electron chi connectivity index (χ1n) is 15.4. The van der Waals surface area contributed by atoms with Crippen LogP contribution in [0.1, 0.15) is 78.4 Å².